The number of aromatic nitrogens is 1. The number of hydrogen-bond acceptors (Lipinski definition) is 5. The maximum absolute atomic E-state index is 12.3. The van der Waals surface area contributed by atoms with Crippen LogP contribution >= 0.6 is 11.3 Å². The van der Waals surface area contributed by atoms with Crippen molar-refractivity contribution in [3.63, 3.8) is 0 Å². The van der Waals surface area contributed by atoms with Crippen LogP contribution in [0.1, 0.15) is 10.6 Å². The Morgan fingerprint density at radius 1 is 1.42 bits per heavy atom. The summed E-state index contributed by atoms with van der Waals surface area (Å²) in [7, 11) is 1.39. The highest BCUT2D eigenvalue weighted by Gasteiger charge is 2.41. The molecule has 0 spiro atoms. The van der Waals surface area contributed by atoms with Crippen molar-refractivity contribution < 1.29 is 9.53 Å². The largest absolute Gasteiger partial charge is 0.468 e. The first-order chi connectivity index (χ1) is 9.23. The maximum atomic E-state index is 12.3. The van der Waals surface area contributed by atoms with E-state index in [0.29, 0.717) is 6.42 Å². The fourth-order valence-corrected chi connectivity index (χ4v) is 2.85. The number of carbonyl (C=O) groups is 1. The van der Waals surface area contributed by atoms with Crippen molar-refractivity contribution in [3.8, 4) is 0 Å². The number of nitrogens with zero attached hydrogens (tertiary/aromatic N) is 1. The van der Waals surface area contributed by atoms with Gasteiger partial charge in [0.15, 0.2) is 0 Å². The molecule has 0 amide bonds. The van der Waals surface area contributed by atoms with E-state index in [4.69, 9.17) is 10.5 Å². The predicted octanol–water partition coefficient (Wildman–Crippen LogP) is 1.76. The summed E-state index contributed by atoms with van der Waals surface area (Å²) in [5, 5.41) is 2.76. The molecule has 0 saturated carbocycles. The van der Waals surface area contributed by atoms with Crippen LogP contribution in [-0.4, -0.2) is 24.6 Å². The van der Waals surface area contributed by atoms with E-state index in [0.717, 1.165) is 10.6 Å². The van der Waals surface area contributed by atoms with Gasteiger partial charge >= 0.3 is 5.97 Å². The van der Waals surface area contributed by atoms with Gasteiger partial charge < -0.3 is 10.5 Å². The smallest absolute Gasteiger partial charge is 0.318 e. The predicted molar refractivity (Wildman–Crippen MR) is 75.0 cm³/mol. The van der Waals surface area contributed by atoms with Crippen LogP contribution in [-0.2, 0) is 21.4 Å². The summed E-state index contributed by atoms with van der Waals surface area (Å²) in [6, 6.07) is 9.50. The lowest BCUT2D eigenvalue weighted by Gasteiger charge is -2.29. The molecule has 0 radical (unpaired) electrons. The fraction of sp³-hybridized carbons (Fsp3) is 0.286. The molecule has 5 heteroatoms. The van der Waals surface area contributed by atoms with Gasteiger partial charge in [0.25, 0.3) is 0 Å². The molecule has 1 unspecified atom stereocenters. The van der Waals surface area contributed by atoms with Crippen LogP contribution in [0.4, 0.5) is 0 Å². The SMILES string of the molecule is COC(=O)C(CN)(Cc1nccs1)c1ccccc1. The first-order valence-corrected chi connectivity index (χ1v) is 6.83. The third-order valence-electron chi connectivity index (χ3n) is 3.19. The van der Waals surface area contributed by atoms with Gasteiger partial charge in [0.2, 0.25) is 0 Å². The molecule has 0 fully saturated rings. The average Bonchev–Trinajstić information content (AvgIpc) is 2.97. The molecule has 2 rings (SSSR count). The Balaban J connectivity index is 2.45. The zero-order valence-electron chi connectivity index (χ0n) is 10.7. The Morgan fingerprint density at radius 3 is 2.68 bits per heavy atom. The molecule has 100 valence electrons. The lowest BCUT2D eigenvalue weighted by atomic mass is 9.77. The van der Waals surface area contributed by atoms with E-state index in [1.165, 1.54) is 18.4 Å². The molecule has 0 aliphatic carbocycles. The Kier molecular flexibility index (Phi) is 4.29. The molecule has 4 nitrogen and oxygen atoms in total. The lowest BCUT2D eigenvalue weighted by molar-refractivity contribution is -0.147. The van der Waals surface area contributed by atoms with Crippen LogP contribution in [0.15, 0.2) is 41.9 Å². The van der Waals surface area contributed by atoms with Gasteiger partial charge in [-0.3, -0.25) is 4.79 Å². The van der Waals surface area contributed by atoms with Crippen LogP contribution in [0.2, 0.25) is 0 Å². The van der Waals surface area contributed by atoms with Gasteiger partial charge in [-0.05, 0) is 5.56 Å². The van der Waals surface area contributed by atoms with Crippen LogP contribution < -0.4 is 5.73 Å². The summed E-state index contributed by atoms with van der Waals surface area (Å²) in [5.41, 5.74) is 5.90. The molecule has 2 N–H and O–H groups in total. The van der Waals surface area contributed by atoms with E-state index < -0.39 is 5.41 Å². The minimum Gasteiger partial charge on any atom is -0.468 e. The molecule has 0 aliphatic heterocycles. The summed E-state index contributed by atoms with van der Waals surface area (Å²) in [4.78, 5) is 16.5. The van der Waals surface area contributed by atoms with Crippen molar-refractivity contribution in [3.05, 3.63) is 52.5 Å². The van der Waals surface area contributed by atoms with Gasteiger partial charge in [0, 0.05) is 24.5 Å². The highest BCUT2D eigenvalue weighted by molar-refractivity contribution is 7.09. The van der Waals surface area contributed by atoms with Crippen molar-refractivity contribution in [2.45, 2.75) is 11.8 Å². The number of thiazole rings is 1. The second kappa shape index (κ2) is 5.95. The number of carbonyl (C=O) groups excluding carboxylic acids is 1. The summed E-state index contributed by atoms with van der Waals surface area (Å²) in [5.74, 6) is -0.323. The quantitative estimate of drug-likeness (QED) is 0.845. The van der Waals surface area contributed by atoms with E-state index in [1.807, 2.05) is 35.7 Å². The van der Waals surface area contributed by atoms with Gasteiger partial charge in [-0.15, -0.1) is 11.3 Å². The maximum Gasteiger partial charge on any atom is 0.318 e. The normalized spacial score (nSPS) is 13.8. The summed E-state index contributed by atoms with van der Waals surface area (Å²) < 4.78 is 4.97. The number of esters is 1. The summed E-state index contributed by atoms with van der Waals surface area (Å²) >= 11 is 1.51. The Morgan fingerprint density at radius 2 is 2.16 bits per heavy atom. The zero-order valence-corrected chi connectivity index (χ0v) is 11.5. The second-order valence-electron chi connectivity index (χ2n) is 4.25. The third-order valence-corrected chi connectivity index (χ3v) is 3.97. The van der Waals surface area contributed by atoms with Gasteiger partial charge in [0.1, 0.15) is 5.41 Å². The standard InChI is InChI=1S/C14H16N2O2S/c1-18-13(17)14(10-15,9-12-16-7-8-19-12)11-5-3-2-4-6-11/h2-8H,9-10,15H2,1H3. The Bertz CT molecular complexity index is 528. The first-order valence-electron chi connectivity index (χ1n) is 5.95. The number of ether oxygens (including phenoxy) is 1. The highest BCUT2D eigenvalue weighted by Crippen LogP contribution is 2.30. The molecule has 0 bridgehead atoms. The molecule has 0 aliphatic rings. The molecule has 19 heavy (non-hydrogen) atoms. The van der Waals surface area contributed by atoms with E-state index in [-0.39, 0.29) is 12.5 Å². The van der Waals surface area contributed by atoms with Crippen LogP contribution in [0.5, 0.6) is 0 Å². The van der Waals surface area contributed by atoms with E-state index in [9.17, 15) is 4.79 Å². The van der Waals surface area contributed by atoms with Crippen LogP contribution in [0.25, 0.3) is 0 Å². The Labute approximate surface area is 116 Å². The fourth-order valence-electron chi connectivity index (χ4n) is 2.12. The monoisotopic (exact) mass is 276 g/mol. The van der Waals surface area contributed by atoms with Crippen molar-refractivity contribution in [2.24, 2.45) is 5.73 Å². The zero-order chi connectivity index (χ0) is 13.7. The van der Waals surface area contributed by atoms with E-state index in [2.05, 4.69) is 4.98 Å². The first kappa shape index (κ1) is 13.7. The molecule has 0 saturated heterocycles. The van der Waals surface area contributed by atoms with Crippen molar-refractivity contribution in [1.29, 1.82) is 0 Å². The minimum atomic E-state index is -0.867. The van der Waals surface area contributed by atoms with E-state index >= 15 is 0 Å². The molecule has 1 aromatic carbocycles. The van der Waals surface area contributed by atoms with Gasteiger partial charge in [0.05, 0.1) is 12.1 Å². The number of rotatable bonds is 5. The topological polar surface area (TPSA) is 65.2 Å². The second-order valence-corrected chi connectivity index (χ2v) is 5.23. The van der Waals surface area contributed by atoms with Crippen LogP contribution in [0.3, 0.4) is 0 Å². The Hall–Kier alpha value is -1.72. The number of nitrogens with two attached hydrogens (primary N) is 1. The molecule has 1 aromatic heterocycles. The number of methoxy groups -OCH3 is 1. The molecular weight excluding hydrogens is 260 g/mol. The molecule has 2 aromatic rings. The molecule has 1 heterocycles. The average molecular weight is 276 g/mol. The minimum absolute atomic E-state index is 0.184. The van der Waals surface area contributed by atoms with Gasteiger partial charge in [-0.25, -0.2) is 4.98 Å². The molecule has 1 atom stereocenters. The lowest BCUT2D eigenvalue weighted by Crippen LogP contribution is -2.45. The van der Waals surface area contributed by atoms with Crippen molar-refractivity contribution >= 4 is 17.3 Å². The van der Waals surface area contributed by atoms with Gasteiger partial charge in [-0.1, -0.05) is 30.3 Å². The number of hydrogen-bond donors (Lipinski definition) is 1. The highest BCUT2D eigenvalue weighted by atomic mass is 32.1. The van der Waals surface area contributed by atoms with Crippen molar-refractivity contribution in [1.82, 2.24) is 4.98 Å². The summed E-state index contributed by atoms with van der Waals surface area (Å²) in [6.45, 7) is 0.184. The van der Waals surface area contributed by atoms with Gasteiger partial charge in [-0.2, -0.15) is 0 Å². The third kappa shape index (κ3) is 2.67. The van der Waals surface area contributed by atoms with Crippen molar-refractivity contribution in [2.75, 3.05) is 13.7 Å². The summed E-state index contributed by atoms with van der Waals surface area (Å²) in [6.07, 6.45) is 2.18. The van der Waals surface area contributed by atoms with Crippen LogP contribution in [0, 0.1) is 0 Å². The van der Waals surface area contributed by atoms with E-state index in [1.54, 1.807) is 6.20 Å². The molecular formula is C14H16N2O2S. The number of benzene rings is 1.